The van der Waals surface area contributed by atoms with E-state index in [1.807, 2.05) is 44.2 Å². The van der Waals surface area contributed by atoms with Gasteiger partial charge in [-0.3, -0.25) is 10.1 Å². The van der Waals surface area contributed by atoms with Crippen molar-refractivity contribution in [3.8, 4) is 5.75 Å². The molecule has 0 aromatic heterocycles. The normalized spacial score (nSPS) is 10.0. The van der Waals surface area contributed by atoms with Crippen molar-refractivity contribution in [1.82, 2.24) is 5.32 Å². The lowest BCUT2D eigenvalue weighted by Crippen LogP contribution is -2.37. The molecule has 0 bridgehead atoms. The summed E-state index contributed by atoms with van der Waals surface area (Å²) in [4.78, 5) is 11.9. The molecular formula is C17H17BrN2O2S. The third kappa shape index (κ3) is 5.33. The Balaban J connectivity index is 1.85. The van der Waals surface area contributed by atoms with Gasteiger partial charge in [-0.05, 0) is 61.5 Å². The highest BCUT2D eigenvalue weighted by molar-refractivity contribution is 9.10. The summed E-state index contributed by atoms with van der Waals surface area (Å²) < 4.78 is 6.35. The Bertz CT molecular complexity index is 697. The number of benzene rings is 2. The molecular weight excluding hydrogens is 376 g/mol. The van der Waals surface area contributed by atoms with E-state index in [9.17, 15) is 4.79 Å². The van der Waals surface area contributed by atoms with Crippen molar-refractivity contribution in [3.63, 3.8) is 0 Å². The fraction of sp³-hybridized carbons (Fsp3) is 0.176. The van der Waals surface area contributed by atoms with E-state index < -0.39 is 0 Å². The van der Waals surface area contributed by atoms with Gasteiger partial charge in [0, 0.05) is 10.2 Å². The maximum atomic E-state index is 11.9. The number of amides is 1. The predicted molar refractivity (Wildman–Crippen MR) is 99.9 cm³/mol. The van der Waals surface area contributed by atoms with Gasteiger partial charge < -0.3 is 10.1 Å². The highest BCUT2D eigenvalue weighted by Crippen LogP contribution is 2.19. The fourth-order valence-electron chi connectivity index (χ4n) is 2.00. The first-order valence-electron chi connectivity index (χ1n) is 7.01. The van der Waals surface area contributed by atoms with Gasteiger partial charge in [0.2, 0.25) is 0 Å². The smallest absolute Gasteiger partial charge is 0.264 e. The van der Waals surface area contributed by atoms with Crippen molar-refractivity contribution in [2.45, 2.75) is 13.8 Å². The number of para-hydroxylation sites is 1. The van der Waals surface area contributed by atoms with Gasteiger partial charge in [-0.15, -0.1) is 0 Å². The SMILES string of the molecule is Cc1cccc(C)c1NC(=S)NC(=O)COc1ccc(Br)cc1. The van der Waals surface area contributed by atoms with Crippen LogP contribution in [0.25, 0.3) is 0 Å². The average Bonchev–Trinajstić information content (AvgIpc) is 2.50. The Labute approximate surface area is 149 Å². The molecule has 4 nitrogen and oxygen atoms in total. The molecule has 0 aliphatic rings. The van der Waals surface area contributed by atoms with Crippen LogP contribution < -0.4 is 15.4 Å². The molecule has 2 N–H and O–H groups in total. The monoisotopic (exact) mass is 392 g/mol. The van der Waals surface area contributed by atoms with E-state index in [0.29, 0.717) is 5.75 Å². The van der Waals surface area contributed by atoms with Crippen molar-refractivity contribution in [3.05, 3.63) is 58.1 Å². The van der Waals surface area contributed by atoms with Crippen LogP contribution in [0.2, 0.25) is 0 Å². The lowest BCUT2D eigenvalue weighted by atomic mass is 10.1. The molecule has 0 atom stereocenters. The summed E-state index contributed by atoms with van der Waals surface area (Å²) in [7, 11) is 0. The number of anilines is 1. The number of carbonyl (C=O) groups excluding carboxylic acids is 1. The quantitative estimate of drug-likeness (QED) is 0.773. The molecule has 0 saturated heterocycles. The van der Waals surface area contributed by atoms with E-state index in [4.69, 9.17) is 17.0 Å². The summed E-state index contributed by atoms with van der Waals surface area (Å²) in [6.45, 7) is 3.86. The highest BCUT2D eigenvalue weighted by Gasteiger charge is 2.08. The van der Waals surface area contributed by atoms with E-state index in [2.05, 4.69) is 26.6 Å². The van der Waals surface area contributed by atoms with E-state index >= 15 is 0 Å². The van der Waals surface area contributed by atoms with Crippen molar-refractivity contribution in [2.24, 2.45) is 0 Å². The molecule has 23 heavy (non-hydrogen) atoms. The first-order chi connectivity index (χ1) is 11.0. The van der Waals surface area contributed by atoms with Crippen molar-refractivity contribution in [1.29, 1.82) is 0 Å². The van der Waals surface area contributed by atoms with Crippen LogP contribution in [0.5, 0.6) is 5.75 Å². The van der Waals surface area contributed by atoms with E-state index in [-0.39, 0.29) is 17.6 Å². The molecule has 2 rings (SSSR count). The van der Waals surface area contributed by atoms with Crippen LogP contribution in [0.1, 0.15) is 11.1 Å². The first kappa shape index (κ1) is 17.4. The molecule has 0 spiro atoms. The van der Waals surface area contributed by atoms with Gasteiger partial charge in [-0.1, -0.05) is 34.1 Å². The molecule has 0 saturated carbocycles. The predicted octanol–water partition coefficient (Wildman–Crippen LogP) is 3.96. The Morgan fingerprint density at radius 1 is 1.13 bits per heavy atom. The summed E-state index contributed by atoms with van der Waals surface area (Å²) >= 11 is 8.52. The minimum Gasteiger partial charge on any atom is -0.484 e. The summed E-state index contributed by atoms with van der Waals surface area (Å²) in [5, 5.41) is 5.92. The first-order valence-corrected chi connectivity index (χ1v) is 8.21. The number of nitrogens with one attached hydrogen (secondary N) is 2. The maximum absolute atomic E-state index is 11.9. The van der Waals surface area contributed by atoms with Crippen LogP contribution >= 0.6 is 28.1 Å². The molecule has 0 radical (unpaired) electrons. The number of rotatable bonds is 4. The minimum atomic E-state index is -0.309. The Hall–Kier alpha value is -1.92. The van der Waals surface area contributed by atoms with Crippen LogP contribution in [-0.4, -0.2) is 17.6 Å². The van der Waals surface area contributed by atoms with Crippen molar-refractivity contribution in [2.75, 3.05) is 11.9 Å². The third-order valence-electron chi connectivity index (χ3n) is 3.16. The summed E-state index contributed by atoms with van der Waals surface area (Å²) in [6, 6.07) is 13.2. The van der Waals surface area contributed by atoms with E-state index in [1.54, 1.807) is 12.1 Å². The Kier molecular flexibility index (Phi) is 6.12. The van der Waals surface area contributed by atoms with Gasteiger partial charge in [-0.2, -0.15) is 0 Å². The summed E-state index contributed by atoms with van der Waals surface area (Å²) in [5.41, 5.74) is 3.03. The molecule has 0 heterocycles. The Morgan fingerprint density at radius 2 is 1.74 bits per heavy atom. The van der Waals surface area contributed by atoms with Gasteiger partial charge in [0.15, 0.2) is 11.7 Å². The standard InChI is InChI=1S/C17H17BrN2O2S/c1-11-4-3-5-12(2)16(11)20-17(23)19-15(21)10-22-14-8-6-13(18)7-9-14/h3-9H,10H2,1-2H3,(H2,19,20,21,23). The summed E-state index contributed by atoms with van der Waals surface area (Å²) in [6.07, 6.45) is 0. The third-order valence-corrected chi connectivity index (χ3v) is 3.89. The number of carbonyl (C=O) groups is 1. The second-order valence-electron chi connectivity index (χ2n) is 5.01. The van der Waals surface area contributed by atoms with Crippen LogP contribution in [0.3, 0.4) is 0 Å². The fourth-order valence-corrected chi connectivity index (χ4v) is 2.48. The van der Waals surface area contributed by atoms with Crippen LogP contribution in [0.4, 0.5) is 5.69 Å². The average molecular weight is 393 g/mol. The molecule has 0 unspecified atom stereocenters. The molecule has 0 aliphatic heterocycles. The van der Waals surface area contributed by atoms with Crippen molar-refractivity contribution >= 4 is 44.9 Å². The lowest BCUT2D eigenvalue weighted by molar-refractivity contribution is -0.121. The zero-order valence-corrected chi connectivity index (χ0v) is 15.3. The number of thiocarbonyl (C=S) groups is 1. The van der Waals surface area contributed by atoms with Crippen LogP contribution in [-0.2, 0) is 4.79 Å². The number of hydrogen-bond acceptors (Lipinski definition) is 3. The van der Waals surface area contributed by atoms with Crippen molar-refractivity contribution < 1.29 is 9.53 Å². The molecule has 0 aliphatic carbocycles. The minimum absolute atomic E-state index is 0.101. The largest absolute Gasteiger partial charge is 0.484 e. The second kappa shape index (κ2) is 8.08. The number of halogens is 1. The maximum Gasteiger partial charge on any atom is 0.264 e. The molecule has 1 amide bonds. The van der Waals surface area contributed by atoms with Crippen LogP contribution in [0, 0.1) is 13.8 Å². The second-order valence-corrected chi connectivity index (χ2v) is 6.34. The van der Waals surface area contributed by atoms with Gasteiger partial charge >= 0.3 is 0 Å². The number of aryl methyl sites for hydroxylation is 2. The topological polar surface area (TPSA) is 50.4 Å². The zero-order chi connectivity index (χ0) is 16.8. The molecule has 6 heteroatoms. The van der Waals surface area contributed by atoms with Gasteiger partial charge in [0.1, 0.15) is 5.75 Å². The Morgan fingerprint density at radius 3 is 2.35 bits per heavy atom. The van der Waals surface area contributed by atoms with Gasteiger partial charge in [0.05, 0.1) is 0 Å². The number of hydrogen-bond donors (Lipinski definition) is 2. The van der Waals surface area contributed by atoms with Gasteiger partial charge in [-0.25, -0.2) is 0 Å². The highest BCUT2D eigenvalue weighted by atomic mass is 79.9. The van der Waals surface area contributed by atoms with Crippen LogP contribution in [0.15, 0.2) is 46.9 Å². The molecule has 2 aromatic carbocycles. The lowest BCUT2D eigenvalue weighted by Gasteiger charge is -2.14. The number of ether oxygens (including phenoxy) is 1. The van der Waals surface area contributed by atoms with E-state index in [1.165, 1.54) is 0 Å². The van der Waals surface area contributed by atoms with E-state index in [0.717, 1.165) is 21.3 Å². The zero-order valence-electron chi connectivity index (χ0n) is 12.9. The molecule has 0 fully saturated rings. The molecule has 2 aromatic rings. The molecule has 120 valence electrons. The van der Waals surface area contributed by atoms with Gasteiger partial charge in [0.25, 0.3) is 5.91 Å². The summed E-state index contributed by atoms with van der Waals surface area (Å²) in [5.74, 6) is 0.314.